The van der Waals surface area contributed by atoms with Crippen LogP contribution in [0.5, 0.6) is 5.75 Å². The Bertz CT molecular complexity index is 1620. The van der Waals surface area contributed by atoms with Crippen LogP contribution in [-0.4, -0.2) is 31.2 Å². The molecule has 0 spiro atoms. The predicted molar refractivity (Wildman–Crippen MR) is 128 cm³/mol. The Kier molecular flexibility index (Phi) is 6.55. The third-order valence-corrected chi connectivity index (χ3v) is 6.08. The number of aromatic nitrogens is 3. The van der Waals surface area contributed by atoms with Crippen molar-refractivity contribution in [3.8, 4) is 22.7 Å². The van der Waals surface area contributed by atoms with Crippen LogP contribution < -0.4 is 16.0 Å². The molecule has 12 heteroatoms. The zero-order valence-corrected chi connectivity index (χ0v) is 19.5. The molecule has 0 radical (unpaired) electrons. The van der Waals surface area contributed by atoms with E-state index < -0.39 is 42.2 Å². The van der Waals surface area contributed by atoms with Gasteiger partial charge in [-0.1, -0.05) is 17.7 Å². The molecule has 0 unspecified atom stereocenters. The first-order valence-corrected chi connectivity index (χ1v) is 11.2. The number of ether oxygens (including phenoxy) is 1. The third-order valence-electron chi connectivity index (χ3n) is 5.25. The van der Waals surface area contributed by atoms with Crippen molar-refractivity contribution in [1.82, 2.24) is 13.5 Å². The Balaban J connectivity index is 1.93. The first kappa shape index (κ1) is 24.9. The van der Waals surface area contributed by atoms with Crippen LogP contribution in [0.1, 0.15) is 11.3 Å². The maximum Gasteiger partial charge on any atom is 0.431 e. The second-order valence-electron chi connectivity index (χ2n) is 7.78. The molecule has 186 valence electrons. The number of fused-ring (bicyclic) bond motifs is 1. The summed E-state index contributed by atoms with van der Waals surface area (Å²) in [4.78, 5) is 36.7. The van der Waals surface area contributed by atoms with Gasteiger partial charge in [-0.25, -0.2) is 14.2 Å². The van der Waals surface area contributed by atoms with Crippen LogP contribution >= 0.6 is 11.5 Å². The van der Waals surface area contributed by atoms with Crippen molar-refractivity contribution in [2.45, 2.75) is 19.6 Å². The molecule has 0 aliphatic carbocycles. The Morgan fingerprint density at radius 3 is 2.61 bits per heavy atom. The first-order valence-electron chi connectivity index (χ1n) is 10.4. The van der Waals surface area contributed by atoms with E-state index in [0.29, 0.717) is 36.5 Å². The van der Waals surface area contributed by atoms with Crippen molar-refractivity contribution in [1.29, 1.82) is 0 Å². The standard InChI is InChI=1S/C24H18F3N3O5S/c1-3-8-29-19(24(25,26)27)11-20(31)30(23(29)34)14-5-7-18-16(10-14)22(28-36-18)15-9-13(2)4-6-17(15)35-12-21(32)33/h3-7,9-11H,1,8,12H2,2H3,(H,32,33). The van der Waals surface area contributed by atoms with Crippen LogP contribution in [0.4, 0.5) is 13.2 Å². The number of aliphatic carboxylic acids is 1. The highest BCUT2D eigenvalue weighted by atomic mass is 32.1. The quantitative estimate of drug-likeness (QED) is 0.368. The molecule has 2 aromatic heterocycles. The highest BCUT2D eigenvalue weighted by Crippen LogP contribution is 2.37. The van der Waals surface area contributed by atoms with Crippen LogP contribution in [0, 0.1) is 6.92 Å². The van der Waals surface area contributed by atoms with Gasteiger partial charge in [-0.3, -0.25) is 9.36 Å². The summed E-state index contributed by atoms with van der Waals surface area (Å²) in [5.41, 5.74) is -1.89. The molecular formula is C24H18F3N3O5S. The summed E-state index contributed by atoms with van der Waals surface area (Å²) in [6, 6.07) is 9.99. The summed E-state index contributed by atoms with van der Waals surface area (Å²) in [6.45, 7) is 4.20. The summed E-state index contributed by atoms with van der Waals surface area (Å²) in [7, 11) is 0. The van der Waals surface area contributed by atoms with E-state index in [2.05, 4.69) is 11.0 Å². The van der Waals surface area contributed by atoms with E-state index >= 15 is 0 Å². The van der Waals surface area contributed by atoms with Gasteiger partial charge in [0.15, 0.2) is 6.61 Å². The molecule has 0 aliphatic rings. The van der Waals surface area contributed by atoms with Gasteiger partial charge in [0.25, 0.3) is 5.56 Å². The van der Waals surface area contributed by atoms with Gasteiger partial charge in [-0.05, 0) is 48.8 Å². The zero-order chi connectivity index (χ0) is 26.2. The smallest absolute Gasteiger partial charge is 0.431 e. The van der Waals surface area contributed by atoms with Crippen molar-refractivity contribution >= 4 is 27.6 Å². The van der Waals surface area contributed by atoms with Gasteiger partial charge in [0.2, 0.25) is 0 Å². The average molecular weight is 517 g/mol. The Hall–Kier alpha value is -4.19. The summed E-state index contributed by atoms with van der Waals surface area (Å²) in [5, 5.41) is 9.49. The number of carbonyl (C=O) groups is 1. The Morgan fingerprint density at radius 2 is 1.94 bits per heavy atom. The van der Waals surface area contributed by atoms with E-state index in [1.165, 1.54) is 12.1 Å². The molecule has 4 rings (SSSR count). The molecule has 2 aromatic carbocycles. The molecule has 2 heterocycles. The van der Waals surface area contributed by atoms with E-state index in [4.69, 9.17) is 9.84 Å². The molecule has 0 saturated heterocycles. The monoisotopic (exact) mass is 517 g/mol. The van der Waals surface area contributed by atoms with E-state index in [1.807, 2.05) is 6.92 Å². The fourth-order valence-corrected chi connectivity index (χ4v) is 4.48. The van der Waals surface area contributed by atoms with Crippen LogP contribution in [0.25, 0.3) is 27.0 Å². The number of carboxylic acids is 1. The number of rotatable bonds is 7. The fraction of sp³-hybridized carbons (Fsp3) is 0.167. The number of hydrogen-bond donors (Lipinski definition) is 1. The van der Waals surface area contributed by atoms with Gasteiger partial charge in [-0.2, -0.15) is 17.5 Å². The number of hydrogen-bond acceptors (Lipinski definition) is 6. The minimum absolute atomic E-state index is 0.0474. The van der Waals surface area contributed by atoms with Gasteiger partial charge in [0.05, 0.1) is 16.1 Å². The average Bonchev–Trinajstić information content (AvgIpc) is 3.22. The SMILES string of the molecule is C=CCn1c(C(F)(F)F)cc(=O)n(-c2ccc3snc(-c4cc(C)ccc4OCC(=O)O)c3c2)c1=O. The second kappa shape index (κ2) is 9.46. The summed E-state index contributed by atoms with van der Waals surface area (Å²) in [5.74, 6) is -0.898. The fourth-order valence-electron chi connectivity index (χ4n) is 3.71. The number of alkyl halides is 3. The lowest BCUT2D eigenvalue weighted by Gasteiger charge is -2.16. The van der Waals surface area contributed by atoms with Crippen molar-refractivity contribution in [3.05, 3.63) is 87.2 Å². The molecule has 0 saturated carbocycles. The molecule has 0 fully saturated rings. The predicted octanol–water partition coefficient (Wildman–Crippen LogP) is 4.25. The lowest BCUT2D eigenvalue weighted by molar-refractivity contribution is -0.144. The van der Waals surface area contributed by atoms with Crippen LogP contribution in [0.3, 0.4) is 0 Å². The highest BCUT2D eigenvalue weighted by Gasteiger charge is 2.35. The molecule has 1 N–H and O–H groups in total. The molecule has 0 atom stereocenters. The molecule has 36 heavy (non-hydrogen) atoms. The number of nitrogens with zero attached hydrogens (tertiary/aromatic N) is 3. The number of benzene rings is 2. The van der Waals surface area contributed by atoms with E-state index in [0.717, 1.165) is 23.2 Å². The van der Waals surface area contributed by atoms with Gasteiger partial charge in [0.1, 0.15) is 11.4 Å². The largest absolute Gasteiger partial charge is 0.481 e. The first-order chi connectivity index (χ1) is 17.0. The number of halogens is 3. The molecule has 0 amide bonds. The van der Waals surface area contributed by atoms with E-state index in [-0.39, 0.29) is 11.4 Å². The molecule has 0 aliphatic heterocycles. The molecule has 8 nitrogen and oxygen atoms in total. The molecule has 0 bridgehead atoms. The number of carboxylic acid groups (broad SMARTS) is 1. The minimum atomic E-state index is -4.91. The van der Waals surface area contributed by atoms with Crippen molar-refractivity contribution in [3.63, 3.8) is 0 Å². The maximum absolute atomic E-state index is 13.5. The summed E-state index contributed by atoms with van der Waals surface area (Å²) >= 11 is 1.12. The molecule has 4 aromatic rings. The van der Waals surface area contributed by atoms with Gasteiger partial charge >= 0.3 is 17.8 Å². The number of allylic oxidation sites excluding steroid dienone is 1. The topological polar surface area (TPSA) is 103 Å². The zero-order valence-electron chi connectivity index (χ0n) is 18.7. The van der Waals surface area contributed by atoms with Gasteiger partial charge < -0.3 is 9.84 Å². The van der Waals surface area contributed by atoms with Crippen molar-refractivity contribution in [2.24, 2.45) is 0 Å². The van der Waals surface area contributed by atoms with Crippen LogP contribution in [-0.2, 0) is 17.5 Å². The highest BCUT2D eigenvalue weighted by molar-refractivity contribution is 7.13. The normalized spacial score (nSPS) is 11.6. The summed E-state index contributed by atoms with van der Waals surface area (Å²) < 4.78 is 52.0. The number of aryl methyl sites for hydroxylation is 1. The minimum Gasteiger partial charge on any atom is -0.481 e. The second-order valence-corrected chi connectivity index (χ2v) is 8.58. The van der Waals surface area contributed by atoms with E-state index in [1.54, 1.807) is 24.3 Å². The summed E-state index contributed by atoms with van der Waals surface area (Å²) in [6.07, 6.45) is -3.78. The van der Waals surface area contributed by atoms with Gasteiger partial charge in [-0.15, -0.1) is 6.58 Å². The lowest BCUT2D eigenvalue weighted by atomic mass is 10.0. The Labute approximate surface area is 205 Å². The van der Waals surface area contributed by atoms with Crippen molar-refractivity contribution in [2.75, 3.05) is 6.61 Å². The van der Waals surface area contributed by atoms with Crippen LogP contribution in [0.15, 0.2) is 64.7 Å². The molecular weight excluding hydrogens is 499 g/mol. The third kappa shape index (κ3) is 4.67. The maximum atomic E-state index is 13.5. The van der Waals surface area contributed by atoms with E-state index in [9.17, 15) is 27.6 Å². The lowest BCUT2D eigenvalue weighted by Crippen LogP contribution is -2.41. The van der Waals surface area contributed by atoms with Gasteiger partial charge in [0, 0.05) is 23.6 Å². The van der Waals surface area contributed by atoms with Crippen molar-refractivity contribution < 1.29 is 27.8 Å². The Morgan fingerprint density at radius 1 is 1.19 bits per heavy atom. The van der Waals surface area contributed by atoms with Crippen LogP contribution in [0.2, 0.25) is 0 Å².